The molecule has 2 aromatic rings. The normalized spacial score (nSPS) is 12.1. The highest BCUT2D eigenvalue weighted by molar-refractivity contribution is 5.43. The lowest BCUT2D eigenvalue weighted by Gasteiger charge is -2.11. The first-order valence-electron chi connectivity index (χ1n) is 6.52. The molecule has 1 unspecified atom stereocenters. The van der Waals surface area contributed by atoms with Gasteiger partial charge in [-0.3, -0.25) is 0 Å². The molecule has 2 rings (SSSR count). The summed E-state index contributed by atoms with van der Waals surface area (Å²) in [6, 6.07) is 15.5. The Balaban J connectivity index is 2.04. The molecular formula is C16H20N2O. The number of anilines is 1. The number of hydrogen-bond acceptors (Lipinski definition) is 3. The Hall–Kier alpha value is -2.00. The van der Waals surface area contributed by atoms with Crippen molar-refractivity contribution in [2.75, 3.05) is 12.3 Å². The minimum Gasteiger partial charge on any atom is -0.457 e. The molecule has 1 atom stereocenters. The lowest BCUT2D eigenvalue weighted by atomic mass is 9.98. The highest BCUT2D eigenvalue weighted by Gasteiger charge is 2.04. The largest absolute Gasteiger partial charge is 0.457 e. The first-order chi connectivity index (χ1) is 9.19. The van der Waals surface area contributed by atoms with Crippen LogP contribution in [0.1, 0.15) is 24.8 Å². The van der Waals surface area contributed by atoms with Crippen molar-refractivity contribution >= 4 is 5.69 Å². The minimum absolute atomic E-state index is 0.482. The molecule has 0 saturated carbocycles. The second-order valence-electron chi connectivity index (χ2n) is 4.72. The van der Waals surface area contributed by atoms with Gasteiger partial charge >= 0.3 is 0 Å². The Morgan fingerprint density at radius 3 is 2.00 bits per heavy atom. The van der Waals surface area contributed by atoms with Gasteiger partial charge in [0.15, 0.2) is 0 Å². The van der Waals surface area contributed by atoms with Crippen molar-refractivity contribution < 1.29 is 4.74 Å². The van der Waals surface area contributed by atoms with Crippen molar-refractivity contribution in [1.29, 1.82) is 0 Å². The van der Waals surface area contributed by atoms with Crippen molar-refractivity contribution in [2.24, 2.45) is 5.73 Å². The number of rotatable bonds is 5. The van der Waals surface area contributed by atoms with Crippen LogP contribution in [0.2, 0.25) is 0 Å². The molecule has 2 aromatic carbocycles. The van der Waals surface area contributed by atoms with Crippen molar-refractivity contribution in [3.63, 3.8) is 0 Å². The van der Waals surface area contributed by atoms with Gasteiger partial charge in [-0.1, -0.05) is 19.1 Å². The van der Waals surface area contributed by atoms with Crippen LogP contribution in [0.25, 0.3) is 0 Å². The number of nitrogens with two attached hydrogens (primary N) is 2. The highest BCUT2D eigenvalue weighted by Crippen LogP contribution is 2.25. The Labute approximate surface area is 114 Å². The zero-order valence-corrected chi connectivity index (χ0v) is 11.2. The van der Waals surface area contributed by atoms with E-state index in [-0.39, 0.29) is 0 Å². The Bertz CT molecular complexity index is 505. The minimum atomic E-state index is 0.482. The van der Waals surface area contributed by atoms with Crippen LogP contribution in [0, 0.1) is 0 Å². The van der Waals surface area contributed by atoms with Gasteiger partial charge in [0.2, 0.25) is 0 Å². The lowest BCUT2D eigenvalue weighted by molar-refractivity contribution is 0.482. The summed E-state index contributed by atoms with van der Waals surface area (Å²) < 4.78 is 5.75. The van der Waals surface area contributed by atoms with Crippen LogP contribution in [0.4, 0.5) is 5.69 Å². The predicted molar refractivity (Wildman–Crippen MR) is 79.5 cm³/mol. The molecule has 0 bridgehead atoms. The average molecular weight is 256 g/mol. The monoisotopic (exact) mass is 256 g/mol. The molecule has 19 heavy (non-hydrogen) atoms. The molecule has 0 aromatic heterocycles. The number of nitrogen functional groups attached to an aromatic ring is 1. The van der Waals surface area contributed by atoms with Gasteiger partial charge < -0.3 is 16.2 Å². The van der Waals surface area contributed by atoms with Crippen LogP contribution in [0.3, 0.4) is 0 Å². The van der Waals surface area contributed by atoms with Crippen LogP contribution in [-0.2, 0) is 0 Å². The maximum atomic E-state index is 5.75. The quantitative estimate of drug-likeness (QED) is 0.805. The predicted octanol–water partition coefficient (Wildman–Crippen LogP) is 3.51. The molecule has 4 N–H and O–H groups in total. The second kappa shape index (κ2) is 6.25. The van der Waals surface area contributed by atoms with Crippen molar-refractivity contribution in [2.45, 2.75) is 19.3 Å². The number of benzene rings is 2. The molecule has 0 spiro atoms. The number of hydrogen-bond donors (Lipinski definition) is 2. The van der Waals surface area contributed by atoms with E-state index in [0.29, 0.717) is 12.5 Å². The Kier molecular flexibility index (Phi) is 4.42. The van der Waals surface area contributed by atoms with Crippen LogP contribution in [-0.4, -0.2) is 6.54 Å². The summed E-state index contributed by atoms with van der Waals surface area (Å²) in [6.07, 6.45) is 0.998. The fourth-order valence-corrected chi connectivity index (χ4v) is 1.95. The molecule has 0 aliphatic heterocycles. The first kappa shape index (κ1) is 13.4. The van der Waals surface area contributed by atoms with Gasteiger partial charge in [0.25, 0.3) is 0 Å². The fourth-order valence-electron chi connectivity index (χ4n) is 1.95. The molecule has 0 amide bonds. The molecule has 0 fully saturated rings. The van der Waals surface area contributed by atoms with E-state index < -0.39 is 0 Å². The third kappa shape index (κ3) is 3.73. The van der Waals surface area contributed by atoms with Gasteiger partial charge in [0.1, 0.15) is 11.5 Å². The SMILES string of the molecule is CC(CCN)c1ccc(Oc2ccc(N)cc2)cc1. The lowest BCUT2D eigenvalue weighted by Crippen LogP contribution is -2.04. The van der Waals surface area contributed by atoms with Crippen LogP contribution < -0.4 is 16.2 Å². The zero-order chi connectivity index (χ0) is 13.7. The van der Waals surface area contributed by atoms with Gasteiger partial charge in [-0.05, 0) is 60.8 Å². The van der Waals surface area contributed by atoms with Crippen molar-refractivity contribution in [3.8, 4) is 11.5 Å². The summed E-state index contributed by atoms with van der Waals surface area (Å²) in [7, 11) is 0. The third-order valence-electron chi connectivity index (χ3n) is 3.16. The summed E-state index contributed by atoms with van der Waals surface area (Å²) in [5.41, 5.74) is 13.2. The molecule has 0 heterocycles. The molecule has 3 heteroatoms. The summed E-state index contributed by atoms with van der Waals surface area (Å²) in [5.74, 6) is 2.10. The van der Waals surface area contributed by atoms with E-state index in [0.717, 1.165) is 23.6 Å². The molecular weight excluding hydrogens is 236 g/mol. The zero-order valence-electron chi connectivity index (χ0n) is 11.2. The third-order valence-corrected chi connectivity index (χ3v) is 3.16. The van der Waals surface area contributed by atoms with Crippen LogP contribution in [0.15, 0.2) is 48.5 Å². The molecule has 0 radical (unpaired) electrons. The van der Waals surface area contributed by atoms with E-state index in [2.05, 4.69) is 19.1 Å². The van der Waals surface area contributed by atoms with Crippen LogP contribution >= 0.6 is 0 Å². The fraction of sp³-hybridized carbons (Fsp3) is 0.250. The van der Waals surface area contributed by atoms with Crippen LogP contribution in [0.5, 0.6) is 11.5 Å². The van der Waals surface area contributed by atoms with Gasteiger partial charge in [-0.15, -0.1) is 0 Å². The van der Waals surface area contributed by atoms with E-state index in [1.807, 2.05) is 36.4 Å². The highest BCUT2D eigenvalue weighted by atomic mass is 16.5. The summed E-state index contributed by atoms with van der Waals surface area (Å²) >= 11 is 0. The maximum absolute atomic E-state index is 5.75. The molecule has 3 nitrogen and oxygen atoms in total. The van der Waals surface area contributed by atoms with E-state index >= 15 is 0 Å². The second-order valence-corrected chi connectivity index (χ2v) is 4.72. The van der Waals surface area contributed by atoms with Gasteiger partial charge in [0, 0.05) is 5.69 Å². The molecule has 100 valence electrons. The van der Waals surface area contributed by atoms with Gasteiger partial charge in [-0.25, -0.2) is 0 Å². The maximum Gasteiger partial charge on any atom is 0.127 e. The van der Waals surface area contributed by atoms with Gasteiger partial charge in [-0.2, -0.15) is 0 Å². The van der Waals surface area contributed by atoms with E-state index in [9.17, 15) is 0 Å². The molecule has 0 aliphatic rings. The molecule has 0 saturated heterocycles. The number of ether oxygens (including phenoxy) is 1. The Morgan fingerprint density at radius 2 is 1.47 bits per heavy atom. The average Bonchev–Trinajstić information content (AvgIpc) is 2.42. The Morgan fingerprint density at radius 1 is 0.947 bits per heavy atom. The van der Waals surface area contributed by atoms with E-state index in [4.69, 9.17) is 16.2 Å². The standard InChI is InChI=1S/C16H20N2O/c1-12(10-11-17)13-2-6-15(7-3-13)19-16-8-4-14(18)5-9-16/h2-9,12H,10-11,17-18H2,1H3. The van der Waals surface area contributed by atoms with Gasteiger partial charge in [0.05, 0.1) is 0 Å². The van der Waals surface area contributed by atoms with Crippen molar-refractivity contribution in [1.82, 2.24) is 0 Å². The van der Waals surface area contributed by atoms with Crippen molar-refractivity contribution in [3.05, 3.63) is 54.1 Å². The smallest absolute Gasteiger partial charge is 0.127 e. The first-order valence-corrected chi connectivity index (χ1v) is 6.52. The summed E-state index contributed by atoms with van der Waals surface area (Å²) in [4.78, 5) is 0. The van der Waals surface area contributed by atoms with E-state index in [1.165, 1.54) is 5.56 Å². The molecule has 0 aliphatic carbocycles. The van der Waals surface area contributed by atoms with E-state index in [1.54, 1.807) is 0 Å². The summed E-state index contributed by atoms with van der Waals surface area (Å²) in [6.45, 7) is 2.90. The summed E-state index contributed by atoms with van der Waals surface area (Å²) in [5, 5.41) is 0. The topological polar surface area (TPSA) is 61.3 Å².